The fourth-order valence-corrected chi connectivity index (χ4v) is 1.36. The van der Waals surface area contributed by atoms with E-state index in [4.69, 9.17) is 0 Å². The molecule has 0 fully saturated rings. The molecule has 0 amide bonds. The van der Waals surface area contributed by atoms with E-state index in [0.29, 0.717) is 5.69 Å². The number of rotatable bonds is 3. The number of benzene rings is 1. The summed E-state index contributed by atoms with van der Waals surface area (Å²) in [5.74, 6) is -2.96. The Kier molecular flexibility index (Phi) is 2.85. The number of hydrogen-bond acceptors (Lipinski definition) is 1. The highest BCUT2D eigenvalue weighted by atomic mass is 19.2. The lowest BCUT2D eigenvalue weighted by atomic mass is 10.2. The third-order valence-electron chi connectivity index (χ3n) is 2.21. The van der Waals surface area contributed by atoms with Gasteiger partial charge in [0.05, 0.1) is 5.69 Å². The highest BCUT2D eigenvalue weighted by molar-refractivity contribution is 5.41. The SMILES string of the molecule is Fc1ccc(F)c(CNc2cc[nH]c2)c1F. The van der Waals surface area contributed by atoms with Crippen LogP contribution in [-0.4, -0.2) is 4.98 Å². The Morgan fingerprint density at radius 3 is 2.50 bits per heavy atom. The van der Waals surface area contributed by atoms with Crippen LogP contribution < -0.4 is 5.32 Å². The van der Waals surface area contributed by atoms with Crippen molar-refractivity contribution in [3.8, 4) is 0 Å². The number of hydrogen-bond donors (Lipinski definition) is 2. The van der Waals surface area contributed by atoms with Crippen LogP contribution in [0.2, 0.25) is 0 Å². The first-order valence-corrected chi connectivity index (χ1v) is 4.67. The van der Waals surface area contributed by atoms with Crippen LogP contribution in [0.3, 0.4) is 0 Å². The molecule has 1 heterocycles. The molecule has 84 valence electrons. The van der Waals surface area contributed by atoms with E-state index in [1.807, 2.05) is 0 Å². The molecule has 0 aliphatic carbocycles. The van der Waals surface area contributed by atoms with E-state index in [-0.39, 0.29) is 12.1 Å². The molecule has 1 aromatic carbocycles. The van der Waals surface area contributed by atoms with Gasteiger partial charge >= 0.3 is 0 Å². The molecule has 0 saturated carbocycles. The molecule has 0 bridgehead atoms. The average molecular weight is 226 g/mol. The summed E-state index contributed by atoms with van der Waals surface area (Å²) in [4.78, 5) is 2.78. The second kappa shape index (κ2) is 4.30. The van der Waals surface area contributed by atoms with Crippen molar-refractivity contribution in [2.24, 2.45) is 0 Å². The van der Waals surface area contributed by atoms with Gasteiger partial charge in [0.15, 0.2) is 11.6 Å². The molecule has 0 radical (unpaired) electrons. The van der Waals surface area contributed by atoms with E-state index in [1.165, 1.54) is 0 Å². The van der Waals surface area contributed by atoms with Gasteiger partial charge in [0.2, 0.25) is 0 Å². The molecule has 2 rings (SSSR count). The lowest BCUT2D eigenvalue weighted by molar-refractivity contribution is 0.482. The second-order valence-electron chi connectivity index (χ2n) is 3.27. The summed E-state index contributed by atoms with van der Waals surface area (Å²) in [5.41, 5.74) is 0.379. The maximum atomic E-state index is 13.2. The summed E-state index contributed by atoms with van der Waals surface area (Å²) in [6.45, 7) is -0.104. The lowest BCUT2D eigenvalue weighted by Crippen LogP contribution is -2.05. The highest BCUT2D eigenvalue weighted by Gasteiger charge is 2.13. The number of aromatic amines is 1. The van der Waals surface area contributed by atoms with E-state index in [1.54, 1.807) is 18.5 Å². The van der Waals surface area contributed by atoms with Gasteiger partial charge in [-0.05, 0) is 18.2 Å². The van der Waals surface area contributed by atoms with Gasteiger partial charge in [-0.15, -0.1) is 0 Å². The van der Waals surface area contributed by atoms with Crippen molar-refractivity contribution >= 4 is 5.69 Å². The third kappa shape index (κ3) is 2.03. The van der Waals surface area contributed by atoms with Crippen LogP contribution >= 0.6 is 0 Å². The Morgan fingerprint density at radius 2 is 1.81 bits per heavy atom. The molecule has 2 N–H and O–H groups in total. The monoisotopic (exact) mass is 226 g/mol. The molecule has 0 aliphatic heterocycles. The minimum Gasteiger partial charge on any atom is -0.380 e. The van der Waals surface area contributed by atoms with Crippen molar-refractivity contribution in [2.45, 2.75) is 6.54 Å². The van der Waals surface area contributed by atoms with E-state index in [9.17, 15) is 13.2 Å². The smallest absolute Gasteiger partial charge is 0.166 e. The van der Waals surface area contributed by atoms with Gasteiger partial charge in [-0.2, -0.15) is 0 Å². The van der Waals surface area contributed by atoms with Crippen molar-refractivity contribution in [1.29, 1.82) is 0 Å². The van der Waals surface area contributed by atoms with Crippen LogP contribution in [0.25, 0.3) is 0 Å². The van der Waals surface area contributed by atoms with Crippen molar-refractivity contribution in [3.63, 3.8) is 0 Å². The van der Waals surface area contributed by atoms with Crippen LogP contribution in [0.15, 0.2) is 30.6 Å². The summed E-state index contributed by atoms with van der Waals surface area (Å²) in [6, 6.07) is 3.38. The summed E-state index contributed by atoms with van der Waals surface area (Å²) < 4.78 is 39.3. The van der Waals surface area contributed by atoms with Crippen LogP contribution in [0.5, 0.6) is 0 Å². The minimum absolute atomic E-state index is 0.104. The van der Waals surface area contributed by atoms with Crippen LogP contribution in [0.1, 0.15) is 5.56 Å². The van der Waals surface area contributed by atoms with Crippen molar-refractivity contribution in [3.05, 3.63) is 53.6 Å². The van der Waals surface area contributed by atoms with Gasteiger partial charge in [0.1, 0.15) is 5.82 Å². The third-order valence-corrected chi connectivity index (χ3v) is 2.21. The molecule has 0 atom stereocenters. The first-order valence-electron chi connectivity index (χ1n) is 4.67. The molecular weight excluding hydrogens is 217 g/mol. The van der Waals surface area contributed by atoms with Gasteiger partial charge in [0.25, 0.3) is 0 Å². The summed E-state index contributed by atoms with van der Waals surface area (Å²) >= 11 is 0. The number of halogens is 3. The largest absolute Gasteiger partial charge is 0.380 e. The Hall–Kier alpha value is -1.91. The van der Waals surface area contributed by atoms with Gasteiger partial charge in [0, 0.05) is 24.5 Å². The highest BCUT2D eigenvalue weighted by Crippen LogP contribution is 2.17. The standard InChI is InChI=1S/C11H9F3N2/c12-9-1-2-10(13)11(14)8(9)6-16-7-3-4-15-5-7/h1-5,15-16H,6H2. The first-order chi connectivity index (χ1) is 7.68. The Morgan fingerprint density at radius 1 is 1.06 bits per heavy atom. The lowest BCUT2D eigenvalue weighted by Gasteiger charge is -2.07. The van der Waals surface area contributed by atoms with Gasteiger partial charge in [-0.3, -0.25) is 0 Å². The van der Waals surface area contributed by atoms with Gasteiger partial charge in [-0.25, -0.2) is 13.2 Å². The molecule has 5 heteroatoms. The summed E-state index contributed by atoms with van der Waals surface area (Å²) in [6.07, 6.45) is 3.30. The minimum atomic E-state index is -1.15. The topological polar surface area (TPSA) is 27.8 Å². The number of H-pyrrole nitrogens is 1. The first kappa shape index (κ1) is 10.6. The van der Waals surface area contributed by atoms with E-state index >= 15 is 0 Å². The molecule has 0 unspecified atom stereocenters. The number of nitrogens with one attached hydrogen (secondary N) is 2. The molecule has 0 spiro atoms. The molecule has 0 saturated heterocycles. The number of anilines is 1. The van der Waals surface area contributed by atoms with Crippen LogP contribution in [0.4, 0.5) is 18.9 Å². The fraction of sp³-hybridized carbons (Fsp3) is 0.0909. The molecule has 16 heavy (non-hydrogen) atoms. The maximum absolute atomic E-state index is 13.2. The number of aromatic nitrogens is 1. The van der Waals surface area contributed by atoms with E-state index < -0.39 is 17.5 Å². The van der Waals surface area contributed by atoms with E-state index in [2.05, 4.69) is 10.3 Å². The zero-order chi connectivity index (χ0) is 11.5. The van der Waals surface area contributed by atoms with Crippen molar-refractivity contribution in [1.82, 2.24) is 4.98 Å². The van der Waals surface area contributed by atoms with Gasteiger partial charge < -0.3 is 10.3 Å². The van der Waals surface area contributed by atoms with E-state index in [0.717, 1.165) is 12.1 Å². The zero-order valence-electron chi connectivity index (χ0n) is 8.23. The molecular formula is C11H9F3N2. The Bertz CT molecular complexity index is 480. The van der Waals surface area contributed by atoms with Crippen LogP contribution in [-0.2, 0) is 6.54 Å². The van der Waals surface area contributed by atoms with Gasteiger partial charge in [-0.1, -0.05) is 0 Å². The Balaban J connectivity index is 2.18. The van der Waals surface area contributed by atoms with Crippen molar-refractivity contribution < 1.29 is 13.2 Å². The molecule has 0 aliphatic rings. The zero-order valence-corrected chi connectivity index (χ0v) is 8.23. The van der Waals surface area contributed by atoms with Crippen LogP contribution in [0, 0.1) is 17.5 Å². The Labute approximate surface area is 90.1 Å². The fourth-order valence-electron chi connectivity index (χ4n) is 1.36. The predicted molar refractivity (Wildman–Crippen MR) is 54.4 cm³/mol. The second-order valence-corrected chi connectivity index (χ2v) is 3.27. The molecule has 2 aromatic rings. The van der Waals surface area contributed by atoms with Crippen molar-refractivity contribution in [2.75, 3.05) is 5.32 Å². The quantitative estimate of drug-likeness (QED) is 0.773. The summed E-state index contributed by atoms with van der Waals surface area (Å²) in [7, 11) is 0. The average Bonchev–Trinajstić information content (AvgIpc) is 2.77. The normalized spacial score (nSPS) is 10.4. The summed E-state index contributed by atoms with van der Waals surface area (Å²) in [5, 5.41) is 2.77. The molecule has 1 aromatic heterocycles. The maximum Gasteiger partial charge on any atom is 0.166 e. The predicted octanol–water partition coefficient (Wildman–Crippen LogP) is 3.04. The molecule has 2 nitrogen and oxygen atoms in total.